The lowest BCUT2D eigenvalue weighted by molar-refractivity contribution is -0.683. The lowest BCUT2D eigenvalue weighted by atomic mass is 9.12. The normalized spacial score (nSPS) is 13.3. The molecule has 0 N–H and O–H groups in total. The number of nitrogens with zero attached hydrogens (tertiary/aromatic N) is 2. The summed E-state index contributed by atoms with van der Waals surface area (Å²) in [5.41, 5.74) is -29.2. The second-order valence-electron chi connectivity index (χ2n) is 15.8. The first-order valence-corrected chi connectivity index (χ1v) is 19.8. The highest BCUT2D eigenvalue weighted by molar-refractivity contribution is 7.20. The summed E-state index contributed by atoms with van der Waals surface area (Å²) in [6, 6.07) is 0.230. The Morgan fingerprint density at radius 1 is 0.419 bits per heavy atom. The molecule has 5 aromatic carbocycles. The number of halogens is 24. The molecule has 0 saturated carbocycles. The summed E-state index contributed by atoms with van der Waals surface area (Å²) < 4.78 is 342. The SMILES string of the molecule is FC(F)(F)c1cc([B-](c2cc(C(F)(F)F)cc(C(F)(F)F)c2)(c2cc(C(F)(F)F)cc(C(F)(F)F)c2)c2cc(C(F)(F)F)cc(C(F)(F)F)c2)cc(C(F)(F)F)c1.O=Cc1c[n+](CC(=O)c2ccccc2)ccn1. The second kappa shape index (κ2) is 20.0. The van der Waals surface area contributed by atoms with E-state index in [0.717, 1.165) is 0 Å². The number of rotatable bonds is 8. The van der Waals surface area contributed by atoms with Crippen molar-refractivity contribution in [2.75, 3.05) is 0 Å². The lowest BCUT2D eigenvalue weighted by Gasteiger charge is -2.46. The van der Waals surface area contributed by atoms with Gasteiger partial charge in [0.05, 0.1) is 50.7 Å². The van der Waals surface area contributed by atoms with Crippen molar-refractivity contribution < 1.29 is 120 Å². The summed E-state index contributed by atoms with van der Waals surface area (Å²) in [6.45, 7) is 0.202. The van der Waals surface area contributed by atoms with E-state index in [-0.39, 0.29) is 12.3 Å². The van der Waals surface area contributed by atoms with Crippen LogP contribution in [-0.2, 0) is 56.0 Å². The molecule has 0 fully saturated rings. The number of benzene rings is 5. The molecule has 0 amide bonds. The third-order valence-corrected chi connectivity index (χ3v) is 10.8. The molecule has 0 aliphatic heterocycles. The molecule has 74 heavy (non-hydrogen) atoms. The largest absolute Gasteiger partial charge is 0.416 e. The maximum absolute atomic E-state index is 14.2. The molecule has 4 nitrogen and oxygen atoms in total. The van der Waals surface area contributed by atoms with E-state index in [1.54, 1.807) is 29.1 Å². The Labute approximate surface area is 397 Å². The van der Waals surface area contributed by atoms with Gasteiger partial charge in [-0.05, 0) is 24.3 Å². The van der Waals surface area contributed by atoms with E-state index in [2.05, 4.69) is 4.98 Å². The van der Waals surface area contributed by atoms with Crippen molar-refractivity contribution in [3.8, 4) is 0 Å². The minimum atomic E-state index is -6.13. The number of ketones is 1. The van der Waals surface area contributed by atoms with Gasteiger partial charge in [0.25, 0.3) is 0 Å². The van der Waals surface area contributed by atoms with Crippen molar-refractivity contribution in [3.63, 3.8) is 0 Å². The maximum Gasteiger partial charge on any atom is 0.416 e. The van der Waals surface area contributed by atoms with Crippen LogP contribution in [0.4, 0.5) is 105 Å². The predicted molar refractivity (Wildman–Crippen MR) is 211 cm³/mol. The molecule has 6 aromatic rings. The van der Waals surface area contributed by atoms with Crippen molar-refractivity contribution >= 4 is 40.1 Å². The molecule has 1 heterocycles. The molecule has 1 aromatic heterocycles. The van der Waals surface area contributed by atoms with Crippen molar-refractivity contribution in [2.45, 2.75) is 56.0 Å². The van der Waals surface area contributed by atoms with Crippen LogP contribution >= 0.6 is 0 Å². The Bertz CT molecular complexity index is 2580. The fourth-order valence-corrected chi connectivity index (χ4v) is 7.56. The van der Waals surface area contributed by atoms with Gasteiger partial charge in [-0.25, -0.2) is 4.98 Å². The first-order valence-electron chi connectivity index (χ1n) is 19.8. The smallest absolute Gasteiger partial charge is 0.296 e. The van der Waals surface area contributed by atoms with Crippen LogP contribution in [0.3, 0.4) is 0 Å². The van der Waals surface area contributed by atoms with Gasteiger partial charge in [-0.2, -0.15) is 132 Å². The number of hydrogen-bond donors (Lipinski definition) is 0. The van der Waals surface area contributed by atoms with Crippen LogP contribution in [0.1, 0.15) is 65.4 Å². The van der Waals surface area contributed by atoms with Crippen molar-refractivity contribution in [1.82, 2.24) is 4.98 Å². The third-order valence-electron chi connectivity index (χ3n) is 10.8. The Morgan fingerprint density at radius 2 is 0.676 bits per heavy atom. The van der Waals surface area contributed by atoms with Crippen LogP contribution in [-0.4, -0.2) is 23.2 Å². The van der Waals surface area contributed by atoms with E-state index in [9.17, 15) is 115 Å². The standard InChI is InChI=1S/C32H12BF24.C13H11N2O2/c34-25(35,36)13-1-14(26(37,38)39)6-21(5-13)33(22-7-15(27(40,41)42)2-16(8-22)28(43,44)45,23-9-17(29(46,47)48)3-18(10-23)30(49,50)51)24-11-19(31(52,53)54)4-20(12-24)32(55,56)57;16-10-12-8-15(7-6-14-12)9-13(17)11-4-2-1-3-5-11/h1-12H;1-8,10H,9H2/q-1;+1. The molecule has 0 atom stereocenters. The summed E-state index contributed by atoms with van der Waals surface area (Å²) in [5.74, 6) is -0.00125. The fraction of sp³-hybridized carbons (Fsp3) is 0.200. The summed E-state index contributed by atoms with van der Waals surface area (Å²) >= 11 is 0. The molecule has 0 aliphatic carbocycles. The Morgan fingerprint density at radius 3 is 0.905 bits per heavy atom. The number of alkyl halides is 24. The molecule has 396 valence electrons. The van der Waals surface area contributed by atoms with E-state index in [4.69, 9.17) is 0 Å². The zero-order valence-corrected chi connectivity index (χ0v) is 35.7. The van der Waals surface area contributed by atoms with E-state index in [0.29, 0.717) is 17.5 Å². The fourth-order valence-electron chi connectivity index (χ4n) is 7.56. The van der Waals surface area contributed by atoms with Gasteiger partial charge >= 0.3 is 49.4 Å². The minimum Gasteiger partial charge on any atom is -0.296 e. The summed E-state index contributed by atoms with van der Waals surface area (Å²) in [4.78, 5) is 26.3. The minimum absolute atomic E-state index is 0.00125. The van der Waals surface area contributed by atoms with E-state index < -0.39 is 195 Å². The number of aromatic nitrogens is 2. The van der Waals surface area contributed by atoms with E-state index in [1.807, 2.05) is 18.2 Å². The van der Waals surface area contributed by atoms with Gasteiger partial charge in [-0.3, -0.25) is 9.59 Å². The molecule has 0 radical (unpaired) electrons. The average molecular weight is 1090 g/mol. The summed E-state index contributed by atoms with van der Waals surface area (Å²) in [5, 5.41) is 0. The zero-order valence-electron chi connectivity index (χ0n) is 35.7. The van der Waals surface area contributed by atoms with E-state index in [1.165, 1.54) is 6.20 Å². The van der Waals surface area contributed by atoms with E-state index >= 15 is 0 Å². The number of Topliss-reactive ketones (excluding diaryl/α,β-unsaturated/α-hetero) is 1. The lowest BCUT2D eigenvalue weighted by Crippen LogP contribution is -2.75. The molecule has 0 unspecified atom stereocenters. The molecule has 0 aliphatic rings. The van der Waals surface area contributed by atoms with Gasteiger partial charge in [0.1, 0.15) is 6.15 Å². The number of carbonyl (C=O) groups is 2. The highest BCUT2D eigenvalue weighted by Gasteiger charge is 2.47. The molecule has 6 rings (SSSR count). The van der Waals surface area contributed by atoms with Gasteiger partial charge in [-0.15, -0.1) is 0 Å². The van der Waals surface area contributed by atoms with Crippen LogP contribution in [0.25, 0.3) is 0 Å². The van der Waals surface area contributed by atoms with Crippen LogP contribution < -0.4 is 26.4 Å². The van der Waals surface area contributed by atoms with Gasteiger partial charge in [0.2, 0.25) is 12.3 Å². The number of carbonyl (C=O) groups excluding carboxylic acids is 2. The van der Waals surface area contributed by atoms with Gasteiger partial charge < -0.3 is 0 Å². The topological polar surface area (TPSA) is 50.9 Å². The Balaban J connectivity index is 0.000000500. The van der Waals surface area contributed by atoms with Crippen LogP contribution in [0, 0.1) is 0 Å². The second-order valence-corrected chi connectivity index (χ2v) is 15.8. The third kappa shape index (κ3) is 13.4. The molecule has 0 bridgehead atoms. The molecule has 0 spiro atoms. The van der Waals surface area contributed by atoms with Crippen molar-refractivity contribution in [1.29, 1.82) is 0 Å². The quantitative estimate of drug-likeness (QED) is 0.0502. The zero-order chi connectivity index (χ0) is 56.0. The van der Waals surface area contributed by atoms with Crippen molar-refractivity contribution in [3.05, 3.63) is 177 Å². The molecular formula is C45H23BF24N2O2. The monoisotopic (exact) mass is 1090 g/mol. The van der Waals surface area contributed by atoms with Crippen LogP contribution in [0.2, 0.25) is 0 Å². The summed E-state index contributed by atoms with van der Waals surface area (Å²) in [7, 11) is 0. The van der Waals surface area contributed by atoms with Gasteiger partial charge in [0.15, 0.2) is 24.4 Å². The van der Waals surface area contributed by atoms with Crippen LogP contribution in [0.15, 0.2) is 122 Å². The van der Waals surface area contributed by atoms with Gasteiger partial charge in [0, 0.05) is 5.56 Å². The summed E-state index contributed by atoms with van der Waals surface area (Å²) in [6.07, 6.45) is -49.4. The first kappa shape index (κ1) is 57.8. The maximum atomic E-state index is 14.2. The molecular weight excluding hydrogens is 1070 g/mol. The van der Waals surface area contributed by atoms with Gasteiger partial charge in [-0.1, -0.05) is 78.9 Å². The average Bonchev–Trinajstić information content (AvgIpc) is 3.27. The van der Waals surface area contributed by atoms with Crippen LogP contribution in [0.5, 0.6) is 0 Å². The highest BCUT2D eigenvalue weighted by Crippen LogP contribution is 2.41. The molecule has 29 heteroatoms. The highest BCUT2D eigenvalue weighted by atomic mass is 19.4. The number of aldehydes is 1. The Hall–Kier alpha value is -7.10. The number of hydrogen-bond acceptors (Lipinski definition) is 3. The van der Waals surface area contributed by atoms with Crippen molar-refractivity contribution in [2.24, 2.45) is 0 Å². The predicted octanol–water partition coefficient (Wildman–Crippen LogP) is 12.3. The Kier molecular flexibility index (Phi) is 15.6. The first-order chi connectivity index (χ1) is 33.6. The molecule has 0 saturated heterocycles.